The Bertz CT molecular complexity index is 524. The third-order valence-electron chi connectivity index (χ3n) is 2.65. The number of aliphatic hydroxyl groups is 1. The fraction of sp³-hybridized carbons (Fsp3) is 0.250. The van der Waals surface area contributed by atoms with Gasteiger partial charge >= 0.3 is 0 Å². The number of rotatable bonds is 4. The molecule has 0 radical (unpaired) electrons. The van der Waals surface area contributed by atoms with Gasteiger partial charge in [-0.3, -0.25) is 5.10 Å². The molecule has 2 aromatic rings. The molecule has 6 heteroatoms. The number of benzene rings is 1. The van der Waals surface area contributed by atoms with Crippen LogP contribution in [0.15, 0.2) is 28.9 Å². The first kappa shape index (κ1) is 13.2. The van der Waals surface area contributed by atoms with Gasteiger partial charge in [-0.05, 0) is 46.1 Å². The molecule has 1 aromatic heterocycles. The summed E-state index contributed by atoms with van der Waals surface area (Å²) in [4.78, 5) is 0. The lowest BCUT2D eigenvalue weighted by Crippen LogP contribution is -2.05. The highest BCUT2D eigenvalue weighted by Gasteiger charge is 2.17. The summed E-state index contributed by atoms with van der Waals surface area (Å²) in [5, 5.41) is 15.8. The van der Waals surface area contributed by atoms with Crippen molar-refractivity contribution in [1.29, 1.82) is 0 Å². The molecule has 0 aliphatic rings. The van der Waals surface area contributed by atoms with Crippen molar-refractivity contribution in [3.8, 4) is 0 Å². The molecule has 0 fully saturated rings. The van der Waals surface area contributed by atoms with E-state index in [1.807, 2.05) is 0 Å². The summed E-state index contributed by atoms with van der Waals surface area (Å²) in [7, 11) is 0. The highest BCUT2D eigenvalue weighted by atomic mass is 79.9. The molecule has 1 heterocycles. The van der Waals surface area contributed by atoms with E-state index >= 15 is 0 Å². The second kappa shape index (κ2) is 5.58. The predicted octanol–water partition coefficient (Wildman–Crippen LogP) is 2.96. The van der Waals surface area contributed by atoms with Gasteiger partial charge in [0.05, 0.1) is 0 Å². The first-order valence-corrected chi connectivity index (χ1v) is 6.17. The zero-order valence-corrected chi connectivity index (χ0v) is 10.9. The van der Waals surface area contributed by atoms with Crippen molar-refractivity contribution < 1.29 is 13.9 Å². The van der Waals surface area contributed by atoms with E-state index in [2.05, 4.69) is 26.1 Å². The van der Waals surface area contributed by atoms with Gasteiger partial charge in [-0.15, -0.1) is 0 Å². The molecule has 96 valence electrons. The molecule has 0 aliphatic carbocycles. The zero-order valence-electron chi connectivity index (χ0n) is 9.33. The smallest absolute Gasteiger partial charge is 0.128 e. The van der Waals surface area contributed by atoms with Crippen LogP contribution in [0, 0.1) is 11.6 Å². The van der Waals surface area contributed by atoms with Crippen LogP contribution in [-0.2, 0) is 0 Å². The maximum absolute atomic E-state index is 13.2. The van der Waals surface area contributed by atoms with Crippen molar-refractivity contribution in [2.45, 2.75) is 12.3 Å². The van der Waals surface area contributed by atoms with Crippen molar-refractivity contribution in [2.75, 3.05) is 6.61 Å². The number of aromatic amines is 1. The first-order valence-electron chi connectivity index (χ1n) is 5.38. The molecule has 0 amide bonds. The van der Waals surface area contributed by atoms with Gasteiger partial charge in [0.1, 0.15) is 16.2 Å². The lowest BCUT2D eigenvalue weighted by Gasteiger charge is -2.14. The predicted molar refractivity (Wildman–Crippen MR) is 66.2 cm³/mol. The van der Waals surface area contributed by atoms with Crippen molar-refractivity contribution in [1.82, 2.24) is 10.2 Å². The SMILES string of the molecule is OCCC(c1cc(F)cc(F)c1)c1cc(Br)n[nH]1. The molecule has 0 bridgehead atoms. The van der Waals surface area contributed by atoms with E-state index in [1.165, 1.54) is 12.1 Å². The Kier molecular flexibility index (Phi) is 4.08. The quantitative estimate of drug-likeness (QED) is 0.911. The molecule has 1 atom stereocenters. The fourth-order valence-corrected chi connectivity index (χ4v) is 2.23. The average Bonchev–Trinajstić information content (AvgIpc) is 2.71. The molecular weight excluding hydrogens is 306 g/mol. The number of aromatic nitrogens is 2. The van der Waals surface area contributed by atoms with Gasteiger partial charge in [-0.1, -0.05) is 0 Å². The van der Waals surface area contributed by atoms with Crippen LogP contribution in [0.25, 0.3) is 0 Å². The second-order valence-corrected chi connectivity index (χ2v) is 4.73. The van der Waals surface area contributed by atoms with Gasteiger partial charge in [0, 0.05) is 24.3 Å². The Labute approximate surface area is 111 Å². The third kappa shape index (κ3) is 2.94. The number of halogens is 3. The van der Waals surface area contributed by atoms with Gasteiger partial charge in [0.2, 0.25) is 0 Å². The standard InChI is InChI=1S/C12H11BrF2N2O/c13-12-6-11(16-17-12)10(1-2-18)7-3-8(14)5-9(15)4-7/h3-6,10,18H,1-2H2,(H,16,17). The van der Waals surface area contributed by atoms with Crippen LogP contribution in [0.4, 0.5) is 8.78 Å². The number of nitrogens with one attached hydrogen (secondary N) is 1. The molecule has 2 N–H and O–H groups in total. The largest absolute Gasteiger partial charge is 0.396 e. The van der Waals surface area contributed by atoms with Crippen LogP contribution in [0.5, 0.6) is 0 Å². The topological polar surface area (TPSA) is 48.9 Å². The average molecular weight is 317 g/mol. The molecule has 0 aliphatic heterocycles. The molecule has 3 nitrogen and oxygen atoms in total. The number of hydrogen-bond donors (Lipinski definition) is 2. The third-order valence-corrected chi connectivity index (χ3v) is 3.05. The van der Waals surface area contributed by atoms with Crippen LogP contribution < -0.4 is 0 Å². The van der Waals surface area contributed by atoms with Crippen molar-refractivity contribution in [2.24, 2.45) is 0 Å². The lowest BCUT2D eigenvalue weighted by atomic mass is 9.93. The summed E-state index contributed by atoms with van der Waals surface area (Å²) >= 11 is 3.20. The normalized spacial score (nSPS) is 12.7. The summed E-state index contributed by atoms with van der Waals surface area (Å²) < 4.78 is 27.0. The summed E-state index contributed by atoms with van der Waals surface area (Å²) in [5.74, 6) is -1.59. The minimum atomic E-state index is -0.633. The molecule has 0 saturated carbocycles. The number of nitrogens with zero attached hydrogens (tertiary/aromatic N) is 1. The van der Waals surface area contributed by atoms with Crippen LogP contribution in [-0.4, -0.2) is 21.9 Å². The Morgan fingerprint density at radius 3 is 2.39 bits per heavy atom. The van der Waals surface area contributed by atoms with Gasteiger partial charge < -0.3 is 5.11 Å². The van der Waals surface area contributed by atoms with Gasteiger partial charge in [0.25, 0.3) is 0 Å². The maximum atomic E-state index is 13.2. The van der Waals surface area contributed by atoms with Crippen LogP contribution in [0.3, 0.4) is 0 Å². The van der Waals surface area contributed by atoms with Crippen LogP contribution in [0.2, 0.25) is 0 Å². The summed E-state index contributed by atoms with van der Waals surface area (Å²) in [6.07, 6.45) is 0.359. The molecule has 2 rings (SSSR count). The molecule has 1 aromatic carbocycles. The molecule has 18 heavy (non-hydrogen) atoms. The summed E-state index contributed by atoms with van der Waals surface area (Å²) in [5.41, 5.74) is 1.17. The molecule has 1 unspecified atom stereocenters. The summed E-state index contributed by atoms with van der Waals surface area (Å²) in [6, 6.07) is 5.07. The molecular formula is C12H11BrF2N2O. The van der Waals surface area contributed by atoms with Crippen molar-refractivity contribution in [3.63, 3.8) is 0 Å². The van der Waals surface area contributed by atoms with E-state index in [-0.39, 0.29) is 12.5 Å². The highest BCUT2D eigenvalue weighted by Crippen LogP contribution is 2.28. The van der Waals surface area contributed by atoms with E-state index in [4.69, 9.17) is 5.11 Å². The first-order chi connectivity index (χ1) is 8.60. The Morgan fingerprint density at radius 1 is 1.22 bits per heavy atom. The van der Waals surface area contributed by atoms with E-state index in [0.29, 0.717) is 22.3 Å². The Balaban J connectivity index is 2.40. The van der Waals surface area contributed by atoms with E-state index in [9.17, 15) is 8.78 Å². The lowest BCUT2D eigenvalue weighted by molar-refractivity contribution is 0.280. The van der Waals surface area contributed by atoms with E-state index < -0.39 is 11.6 Å². The number of aliphatic hydroxyl groups excluding tert-OH is 1. The minimum absolute atomic E-state index is 0.0839. The van der Waals surface area contributed by atoms with Crippen LogP contribution >= 0.6 is 15.9 Å². The summed E-state index contributed by atoms with van der Waals surface area (Å²) in [6.45, 7) is -0.0839. The number of H-pyrrole nitrogens is 1. The fourth-order valence-electron chi connectivity index (χ4n) is 1.90. The maximum Gasteiger partial charge on any atom is 0.128 e. The Hall–Kier alpha value is -1.27. The number of hydrogen-bond acceptors (Lipinski definition) is 2. The van der Waals surface area contributed by atoms with Crippen molar-refractivity contribution in [3.05, 3.63) is 51.8 Å². The van der Waals surface area contributed by atoms with Crippen LogP contribution in [0.1, 0.15) is 23.6 Å². The highest BCUT2D eigenvalue weighted by molar-refractivity contribution is 9.10. The van der Waals surface area contributed by atoms with Gasteiger partial charge in [0.15, 0.2) is 0 Å². The second-order valence-electron chi connectivity index (χ2n) is 3.91. The van der Waals surface area contributed by atoms with E-state index in [1.54, 1.807) is 6.07 Å². The molecule has 0 saturated heterocycles. The zero-order chi connectivity index (χ0) is 13.1. The van der Waals surface area contributed by atoms with Gasteiger partial charge in [-0.2, -0.15) is 5.10 Å². The minimum Gasteiger partial charge on any atom is -0.396 e. The van der Waals surface area contributed by atoms with Crippen molar-refractivity contribution >= 4 is 15.9 Å². The monoisotopic (exact) mass is 316 g/mol. The van der Waals surface area contributed by atoms with E-state index in [0.717, 1.165) is 6.07 Å². The molecule has 0 spiro atoms. The Morgan fingerprint density at radius 2 is 1.89 bits per heavy atom. The van der Waals surface area contributed by atoms with Gasteiger partial charge in [-0.25, -0.2) is 8.78 Å².